The van der Waals surface area contributed by atoms with Crippen LogP contribution in [0.4, 0.5) is 0 Å². The number of nitrogens with two attached hydrogens (primary N) is 1. The fraction of sp³-hybridized carbons (Fsp3) is 0.462. The predicted molar refractivity (Wildman–Crippen MR) is 67.4 cm³/mol. The van der Waals surface area contributed by atoms with E-state index in [1.807, 2.05) is 0 Å². The minimum atomic E-state index is -0.286. The Balaban J connectivity index is 1.93. The topological polar surface area (TPSA) is 95.6 Å². The van der Waals surface area contributed by atoms with Crippen LogP contribution in [0.25, 0.3) is 0 Å². The fourth-order valence-corrected chi connectivity index (χ4v) is 2.03. The predicted octanol–water partition coefficient (Wildman–Crippen LogP) is 0.957. The highest BCUT2D eigenvalue weighted by atomic mass is 16.3. The molecule has 1 amide bonds. The molecule has 0 atom stereocenters. The van der Waals surface area contributed by atoms with Crippen LogP contribution in [0.1, 0.15) is 29.6 Å². The summed E-state index contributed by atoms with van der Waals surface area (Å²) in [7, 11) is 0. The van der Waals surface area contributed by atoms with Crippen LogP contribution >= 0.6 is 0 Å². The van der Waals surface area contributed by atoms with Gasteiger partial charge in [0, 0.05) is 12.1 Å². The number of carbonyl (C=O) groups excluding carboxylic acids is 1. The summed E-state index contributed by atoms with van der Waals surface area (Å²) in [6.45, 7) is 1.25. The first-order valence-electron chi connectivity index (χ1n) is 6.07. The number of benzene rings is 1. The van der Waals surface area contributed by atoms with E-state index >= 15 is 0 Å². The maximum Gasteiger partial charge on any atom is 0.251 e. The summed E-state index contributed by atoms with van der Waals surface area (Å²) in [6, 6.07) is 4.04. The van der Waals surface area contributed by atoms with Gasteiger partial charge in [0.15, 0.2) is 11.5 Å². The van der Waals surface area contributed by atoms with Crippen molar-refractivity contribution in [1.29, 1.82) is 0 Å². The lowest BCUT2D eigenvalue weighted by Crippen LogP contribution is -2.31. The van der Waals surface area contributed by atoms with Crippen LogP contribution in [0.5, 0.6) is 11.5 Å². The van der Waals surface area contributed by atoms with E-state index in [9.17, 15) is 9.90 Å². The molecule has 0 saturated heterocycles. The molecule has 1 aromatic carbocycles. The summed E-state index contributed by atoms with van der Waals surface area (Å²) in [4.78, 5) is 11.9. The normalized spacial score (nSPS) is 16.3. The highest BCUT2D eigenvalue weighted by Gasteiger charge is 2.41. The Morgan fingerprint density at radius 3 is 2.61 bits per heavy atom. The molecule has 1 aliphatic carbocycles. The molecule has 18 heavy (non-hydrogen) atoms. The van der Waals surface area contributed by atoms with Gasteiger partial charge in [-0.2, -0.15) is 0 Å². The van der Waals surface area contributed by atoms with Gasteiger partial charge in [-0.25, -0.2) is 0 Å². The van der Waals surface area contributed by atoms with Crippen molar-refractivity contribution >= 4 is 5.91 Å². The van der Waals surface area contributed by atoms with Crippen molar-refractivity contribution in [1.82, 2.24) is 5.32 Å². The van der Waals surface area contributed by atoms with Gasteiger partial charge in [0.05, 0.1) is 0 Å². The van der Waals surface area contributed by atoms with Gasteiger partial charge in [-0.05, 0) is 49.4 Å². The Morgan fingerprint density at radius 1 is 1.33 bits per heavy atom. The summed E-state index contributed by atoms with van der Waals surface area (Å²) < 4.78 is 0. The fourth-order valence-electron chi connectivity index (χ4n) is 2.03. The molecule has 1 aromatic rings. The minimum Gasteiger partial charge on any atom is -0.504 e. The van der Waals surface area contributed by atoms with Gasteiger partial charge in [0.2, 0.25) is 0 Å². The van der Waals surface area contributed by atoms with Crippen molar-refractivity contribution in [2.75, 3.05) is 13.1 Å². The van der Waals surface area contributed by atoms with Crippen molar-refractivity contribution < 1.29 is 15.0 Å². The first-order valence-corrected chi connectivity index (χ1v) is 6.07. The molecule has 0 unspecified atom stereocenters. The van der Waals surface area contributed by atoms with Crippen LogP contribution in [0.2, 0.25) is 0 Å². The first-order chi connectivity index (χ1) is 8.56. The molecule has 1 fully saturated rings. The average Bonchev–Trinajstić information content (AvgIpc) is 3.11. The number of nitrogens with one attached hydrogen (secondary N) is 1. The first kappa shape index (κ1) is 12.7. The molecule has 5 nitrogen and oxygen atoms in total. The highest BCUT2D eigenvalue weighted by Crippen LogP contribution is 2.47. The Labute approximate surface area is 106 Å². The summed E-state index contributed by atoms with van der Waals surface area (Å²) >= 11 is 0. The van der Waals surface area contributed by atoms with Crippen molar-refractivity contribution in [2.45, 2.75) is 19.3 Å². The van der Waals surface area contributed by atoms with Gasteiger partial charge in [-0.1, -0.05) is 0 Å². The maximum atomic E-state index is 11.9. The molecule has 0 bridgehead atoms. The molecule has 1 aliphatic rings. The highest BCUT2D eigenvalue weighted by molar-refractivity contribution is 5.94. The number of amides is 1. The van der Waals surface area contributed by atoms with E-state index in [-0.39, 0.29) is 22.8 Å². The van der Waals surface area contributed by atoms with Crippen molar-refractivity contribution in [2.24, 2.45) is 11.1 Å². The number of hydrogen-bond donors (Lipinski definition) is 4. The number of phenolic OH excluding ortho intramolecular Hbond substituents is 2. The lowest BCUT2D eigenvalue weighted by atomic mass is 10.0. The lowest BCUT2D eigenvalue weighted by molar-refractivity contribution is 0.0943. The van der Waals surface area contributed by atoms with E-state index in [1.54, 1.807) is 0 Å². The van der Waals surface area contributed by atoms with Crippen LogP contribution in [0.3, 0.4) is 0 Å². The van der Waals surface area contributed by atoms with E-state index in [1.165, 1.54) is 18.2 Å². The Morgan fingerprint density at radius 2 is 2.06 bits per heavy atom. The second kappa shape index (κ2) is 4.86. The average molecular weight is 250 g/mol. The molecular formula is C13H18N2O3. The molecule has 0 spiro atoms. The number of carbonyl (C=O) groups is 1. The molecular weight excluding hydrogens is 232 g/mol. The summed E-state index contributed by atoms with van der Waals surface area (Å²) in [6.07, 6.45) is 3.13. The van der Waals surface area contributed by atoms with E-state index in [0.29, 0.717) is 18.7 Å². The molecule has 0 aromatic heterocycles. The number of aromatic hydroxyl groups is 2. The smallest absolute Gasteiger partial charge is 0.251 e. The molecule has 5 N–H and O–H groups in total. The van der Waals surface area contributed by atoms with Gasteiger partial charge in [-0.15, -0.1) is 0 Å². The largest absolute Gasteiger partial charge is 0.504 e. The Bertz CT molecular complexity index is 456. The van der Waals surface area contributed by atoms with Crippen molar-refractivity contribution in [3.8, 4) is 11.5 Å². The summed E-state index contributed by atoms with van der Waals surface area (Å²) in [5.74, 6) is -0.757. The number of phenols is 2. The van der Waals surface area contributed by atoms with Gasteiger partial charge >= 0.3 is 0 Å². The van der Waals surface area contributed by atoms with E-state index in [4.69, 9.17) is 10.8 Å². The second-order valence-electron chi connectivity index (χ2n) is 4.92. The minimum absolute atomic E-state index is 0.184. The monoisotopic (exact) mass is 250 g/mol. The molecule has 1 saturated carbocycles. The molecule has 2 rings (SSSR count). The van der Waals surface area contributed by atoms with E-state index in [2.05, 4.69) is 5.32 Å². The third-order valence-electron chi connectivity index (χ3n) is 3.49. The zero-order chi connectivity index (χ0) is 13.2. The molecule has 0 radical (unpaired) electrons. The quantitative estimate of drug-likeness (QED) is 0.585. The van der Waals surface area contributed by atoms with Crippen LogP contribution in [0.15, 0.2) is 18.2 Å². The van der Waals surface area contributed by atoms with Crippen molar-refractivity contribution in [3.63, 3.8) is 0 Å². The summed E-state index contributed by atoms with van der Waals surface area (Å²) in [5, 5.41) is 21.3. The van der Waals surface area contributed by atoms with Gasteiger partial charge in [0.25, 0.3) is 5.91 Å². The van der Waals surface area contributed by atoms with Crippen LogP contribution in [-0.2, 0) is 0 Å². The van der Waals surface area contributed by atoms with Gasteiger partial charge in [-0.3, -0.25) is 4.79 Å². The lowest BCUT2D eigenvalue weighted by Gasteiger charge is -2.14. The third kappa shape index (κ3) is 2.73. The molecule has 0 aliphatic heterocycles. The maximum absolute atomic E-state index is 11.9. The van der Waals surface area contributed by atoms with Crippen LogP contribution < -0.4 is 11.1 Å². The number of rotatable bonds is 5. The Kier molecular flexibility index (Phi) is 3.43. The zero-order valence-electron chi connectivity index (χ0n) is 10.1. The second-order valence-corrected chi connectivity index (χ2v) is 4.92. The summed E-state index contributed by atoms with van der Waals surface area (Å²) in [5.41, 5.74) is 6.06. The third-order valence-corrected chi connectivity index (χ3v) is 3.49. The SMILES string of the molecule is NCCC1(CNC(=O)c2ccc(O)c(O)c2)CC1. The van der Waals surface area contributed by atoms with E-state index in [0.717, 1.165) is 19.3 Å². The zero-order valence-corrected chi connectivity index (χ0v) is 10.1. The standard InChI is InChI=1S/C13H18N2O3/c14-6-5-13(3-4-13)8-15-12(18)9-1-2-10(16)11(17)7-9/h1-2,7,16-17H,3-6,8,14H2,(H,15,18). The number of hydrogen-bond acceptors (Lipinski definition) is 4. The van der Waals surface area contributed by atoms with Gasteiger partial charge in [0.1, 0.15) is 0 Å². The van der Waals surface area contributed by atoms with Crippen LogP contribution in [0, 0.1) is 5.41 Å². The van der Waals surface area contributed by atoms with E-state index < -0.39 is 0 Å². The van der Waals surface area contributed by atoms with Crippen LogP contribution in [-0.4, -0.2) is 29.2 Å². The van der Waals surface area contributed by atoms with Gasteiger partial charge < -0.3 is 21.3 Å². The molecule has 98 valence electrons. The molecule has 5 heteroatoms. The van der Waals surface area contributed by atoms with Crippen molar-refractivity contribution in [3.05, 3.63) is 23.8 Å². The Hall–Kier alpha value is -1.75. The molecule has 0 heterocycles.